The predicted octanol–water partition coefficient (Wildman–Crippen LogP) is 3.09. The zero-order valence-corrected chi connectivity index (χ0v) is 16.8. The Balaban J connectivity index is 1.52. The fraction of sp³-hybridized carbons (Fsp3) is 0.500. The molecule has 27 heavy (non-hydrogen) atoms. The molecule has 1 aromatic carbocycles. The summed E-state index contributed by atoms with van der Waals surface area (Å²) in [6, 6.07) is 12.2. The van der Waals surface area contributed by atoms with Crippen molar-refractivity contribution in [2.24, 2.45) is 4.99 Å². The second-order valence-corrected chi connectivity index (χ2v) is 8.78. The van der Waals surface area contributed by atoms with Crippen molar-refractivity contribution in [3.05, 3.63) is 42.1 Å². The Morgan fingerprint density at radius 1 is 1.33 bits per heavy atom. The van der Waals surface area contributed by atoms with Gasteiger partial charge in [-0.2, -0.15) is 0 Å². The lowest BCUT2D eigenvalue weighted by Crippen LogP contribution is -2.46. The maximum atomic E-state index is 12.1. The molecule has 1 aliphatic carbocycles. The van der Waals surface area contributed by atoms with Crippen LogP contribution in [-0.4, -0.2) is 39.4 Å². The van der Waals surface area contributed by atoms with E-state index in [0.29, 0.717) is 17.8 Å². The molecule has 0 aliphatic heterocycles. The second kappa shape index (κ2) is 9.69. The van der Waals surface area contributed by atoms with Crippen LogP contribution in [0.25, 0.3) is 11.3 Å². The molecule has 1 aromatic heterocycles. The summed E-state index contributed by atoms with van der Waals surface area (Å²) in [5.41, 5.74) is 1.83. The van der Waals surface area contributed by atoms with Crippen LogP contribution in [0.2, 0.25) is 0 Å². The van der Waals surface area contributed by atoms with Gasteiger partial charge in [-0.05, 0) is 19.3 Å². The van der Waals surface area contributed by atoms with Gasteiger partial charge in [-0.25, -0.2) is 0 Å². The van der Waals surface area contributed by atoms with E-state index in [1.165, 1.54) is 0 Å². The van der Waals surface area contributed by atoms with Crippen molar-refractivity contribution in [1.29, 1.82) is 0 Å². The lowest BCUT2D eigenvalue weighted by molar-refractivity contribution is 0.411. The van der Waals surface area contributed by atoms with Gasteiger partial charge in [0.2, 0.25) is 0 Å². The Morgan fingerprint density at radius 3 is 2.89 bits per heavy atom. The maximum absolute atomic E-state index is 12.1. The zero-order valence-electron chi connectivity index (χ0n) is 16.0. The first-order valence-corrected chi connectivity index (χ1v) is 10.9. The van der Waals surface area contributed by atoms with Crippen molar-refractivity contribution in [1.82, 2.24) is 15.8 Å². The van der Waals surface area contributed by atoms with E-state index in [1.807, 2.05) is 43.3 Å². The van der Waals surface area contributed by atoms with Gasteiger partial charge in [-0.3, -0.25) is 9.20 Å². The minimum absolute atomic E-state index is 0.295. The zero-order chi connectivity index (χ0) is 19.1. The molecule has 3 unspecified atom stereocenters. The molecule has 3 atom stereocenters. The van der Waals surface area contributed by atoms with Crippen LogP contribution in [0.15, 0.2) is 45.9 Å². The minimum atomic E-state index is -0.723. The lowest BCUT2D eigenvalue weighted by atomic mass is 9.95. The van der Waals surface area contributed by atoms with E-state index >= 15 is 0 Å². The quantitative estimate of drug-likeness (QED) is 0.587. The average Bonchev–Trinajstić information content (AvgIpc) is 3.20. The van der Waals surface area contributed by atoms with Crippen molar-refractivity contribution in [3.8, 4) is 11.3 Å². The number of aliphatic imine (C=N–C) groups is 1. The fourth-order valence-corrected chi connectivity index (χ4v) is 4.79. The van der Waals surface area contributed by atoms with Crippen molar-refractivity contribution in [2.45, 2.75) is 50.4 Å². The van der Waals surface area contributed by atoms with Crippen LogP contribution in [-0.2, 0) is 17.3 Å². The average molecular weight is 389 g/mol. The topological polar surface area (TPSA) is 79.5 Å². The standard InChI is InChI=1S/C20H28N4O2S/c1-3-27(25)18-11-7-10-16(12-18)23-20(21-2)22-14-17-13-19(26-24-17)15-8-5-4-6-9-15/h4-6,8-9,13,16,18H,3,7,10-12,14H2,1-2H3,(H2,21,22,23). The molecule has 0 amide bonds. The summed E-state index contributed by atoms with van der Waals surface area (Å²) in [5, 5.41) is 11.2. The molecule has 0 saturated heterocycles. The number of rotatable bonds is 6. The molecule has 3 rings (SSSR count). The van der Waals surface area contributed by atoms with Crippen LogP contribution in [0.4, 0.5) is 0 Å². The van der Waals surface area contributed by atoms with E-state index in [4.69, 9.17) is 4.52 Å². The van der Waals surface area contributed by atoms with E-state index in [9.17, 15) is 4.21 Å². The Kier molecular flexibility index (Phi) is 7.04. The number of nitrogens with one attached hydrogen (secondary N) is 2. The smallest absolute Gasteiger partial charge is 0.191 e. The molecule has 2 N–H and O–H groups in total. The number of aromatic nitrogens is 1. The summed E-state index contributed by atoms with van der Waals surface area (Å²) in [6.45, 7) is 2.53. The number of hydrogen-bond acceptors (Lipinski definition) is 4. The molecule has 1 saturated carbocycles. The van der Waals surface area contributed by atoms with E-state index in [1.54, 1.807) is 7.05 Å². The second-order valence-electron chi connectivity index (χ2n) is 6.77. The lowest BCUT2D eigenvalue weighted by Gasteiger charge is -2.30. The van der Waals surface area contributed by atoms with Crippen LogP contribution in [0.3, 0.4) is 0 Å². The van der Waals surface area contributed by atoms with Gasteiger partial charge in [0, 0.05) is 46.5 Å². The molecule has 7 heteroatoms. The molecule has 1 heterocycles. The summed E-state index contributed by atoms with van der Waals surface area (Å²) in [6.07, 6.45) is 4.18. The van der Waals surface area contributed by atoms with Gasteiger partial charge in [0.15, 0.2) is 11.7 Å². The third-order valence-corrected chi connectivity index (χ3v) is 6.64. The van der Waals surface area contributed by atoms with Gasteiger partial charge in [0.1, 0.15) is 5.69 Å². The van der Waals surface area contributed by atoms with Gasteiger partial charge in [-0.1, -0.05) is 48.8 Å². The number of guanidine groups is 1. The highest BCUT2D eigenvalue weighted by molar-refractivity contribution is 7.85. The molecule has 146 valence electrons. The monoisotopic (exact) mass is 388 g/mol. The Labute approximate surface area is 163 Å². The molecule has 0 radical (unpaired) electrons. The van der Waals surface area contributed by atoms with Crippen LogP contribution in [0.1, 0.15) is 38.3 Å². The molecule has 1 fully saturated rings. The number of hydrogen-bond donors (Lipinski definition) is 2. The Morgan fingerprint density at radius 2 is 2.15 bits per heavy atom. The van der Waals surface area contributed by atoms with Crippen LogP contribution in [0.5, 0.6) is 0 Å². The third kappa shape index (κ3) is 5.42. The SMILES string of the molecule is CCS(=O)C1CCCC(NC(=NC)NCc2cc(-c3ccccc3)on2)C1. The van der Waals surface area contributed by atoms with Crippen molar-refractivity contribution in [2.75, 3.05) is 12.8 Å². The van der Waals surface area contributed by atoms with Gasteiger partial charge >= 0.3 is 0 Å². The van der Waals surface area contributed by atoms with Gasteiger partial charge in [-0.15, -0.1) is 0 Å². The van der Waals surface area contributed by atoms with Crippen molar-refractivity contribution < 1.29 is 8.73 Å². The van der Waals surface area contributed by atoms with E-state index in [2.05, 4.69) is 20.8 Å². The maximum Gasteiger partial charge on any atom is 0.191 e. The van der Waals surface area contributed by atoms with Gasteiger partial charge in [0.25, 0.3) is 0 Å². The molecule has 6 nitrogen and oxygen atoms in total. The minimum Gasteiger partial charge on any atom is -0.356 e. The first-order valence-electron chi connectivity index (χ1n) is 9.55. The van der Waals surface area contributed by atoms with Crippen LogP contribution >= 0.6 is 0 Å². The fourth-order valence-electron chi connectivity index (χ4n) is 3.45. The molecule has 2 aromatic rings. The summed E-state index contributed by atoms with van der Waals surface area (Å²) in [7, 11) is 1.04. The van der Waals surface area contributed by atoms with Crippen LogP contribution in [0, 0.1) is 0 Å². The highest BCUT2D eigenvalue weighted by Gasteiger charge is 2.26. The largest absolute Gasteiger partial charge is 0.356 e. The van der Waals surface area contributed by atoms with Gasteiger partial charge < -0.3 is 15.2 Å². The van der Waals surface area contributed by atoms with E-state index in [0.717, 1.165) is 54.4 Å². The summed E-state index contributed by atoms with van der Waals surface area (Å²) >= 11 is 0. The Hall–Kier alpha value is -2.15. The molecular formula is C20H28N4O2S. The third-order valence-electron chi connectivity index (χ3n) is 4.90. The number of benzene rings is 1. The van der Waals surface area contributed by atoms with Crippen molar-refractivity contribution in [3.63, 3.8) is 0 Å². The first-order chi connectivity index (χ1) is 13.2. The molecule has 0 spiro atoms. The van der Waals surface area contributed by atoms with Gasteiger partial charge in [0.05, 0.1) is 6.54 Å². The Bertz CT molecular complexity index is 775. The highest BCUT2D eigenvalue weighted by atomic mass is 32.2. The normalized spacial score (nSPS) is 21.6. The summed E-state index contributed by atoms with van der Waals surface area (Å²) in [5.74, 6) is 2.24. The van der Waals surface area contributed by atoms with E-state index in [-0.39, 0.29) is 0 Å². The van der Waals surface area contributed by atoms with Crippen molar-refractivity contribution >= 4 is 16.8 Å². The molecule has 0 bridgehead atoms. The first kappa shape index (κ1) is 19.6. The van der Waals surface area contributed by atoms with E-state index < -0.39 is 10.8 Å². The summed E-state index contributed by atoms with van der Waals surface area (Å²) in [4.78, 5) is 4.31. The highest BCUT2D eigenvalue weighted by Crippen LogP contribution is 2.23. The predicted molar refractivity (Wildman–Crippen MR) is 110 cm³/mol. The van der Waals surface area contributed by atoms with Crippen LogP contribution < -0.4 is 10.6 Å². The summed E-state index contributed by atoms with van der Waals surface area (Å²) < 4.78 is 17.6. The number of nitrogens with zero attached hydrogens (tertiary/aromatic N) is 2. The molecular weight excluding hydrogens is 360 g/mol. The molecule has 1 aliphatic rings.